The van der Waals surface area contributed by atoms with Crippen LogP contribution < -0.4 is 0 Å². The molecule has 1 aromatic heterocycles. The average molecular weight is 639 g/mol. The number of nitrogens with zero attached hydrogens (tertiary/aromatic N) is 2. The van der Waals surface area contributed by atoms with E-state index >= 15 is 0 Å². The number of aromatic carboxylic acids is 1. The van der Waals surface area contributed by atoms with Crippen LogP contribution in [0.2, 0.25) is 0 Å². The largest absolute Gasteiger partial charge is 0.478 e. The SMILES string of the molecule is C=C(/C=C\c1cc(/C(CCC(=O)N2CCOCC2)=C(/c2ccc(C(=O)O)cc2C)C2CCCCC2)ccc1C)c1sc(C)nc1C. The number of benzene rings is 2. The van der Waals surface area contributed by atoms with E-state index in [1.54, 1.807) is 23.5 Å². The number of carbonyl (C=O) groups excluding carboxylic acids is 1. The molecule has 0 bridgehead atoms. The van der Waals surface area contributed by atoms with E-state index in [-0.39, 0.29) is 5.91 Å². The van der Waals surface area contributed by atoms with Gasteiger partial charge in [-0.25, -0.2) is 9.78 Å². The van der Waals surface area contributed by atoms with Crippen molar-refractivity contribution in [2.24, 2.45) is 5.92 Å². The number of ether oxygens (including phenoxy) is 1. The molecule has 6 nitrogen and oxygen atoms in total. The first-order valence-corrected chi connectivity index (χ1v) is 17.3. The second kappa shape index (κ2) is 15.2. The molecule has 2 aliphatic rings. The number of carboxylic acid groups (broad SMARTS) is 1. The summed E-state index contributed by atoms with van der Waals surface area (Å²) in [5, 5.41) is 10.7. The van der Waals surface area contributed by atoms with Gasteiger partial charge in [-0.3, -0.25) is 4.79 Å². The van der Waals surface area contributed by atoms with Crippen molar-refractivity contribution in [2.75, 3.05) is 26.3 Å². The first-order valence-electron chi connectivity index (χ1n) is 16.5. The maximum absolute atomic E-state index is 13.5. The summed E-state index contributed by atoms with van der Waals surface area (Å²) < 4.78 is 5.50. The minimum Gasteiger partial charge on any atom is -0.478 e. The van der Waals surface area contributed by atoms with E-state index in [2.05, 4.69) is 48.8 Å². The smallest absolute Gasteiger partial charge is 0.335 e. The molecular weight excluding hydrogens is 593 g/mol. The van der Waals surface area contributed by atoms with Crippen molar-refractivity contribution >= 4 is 46.0 Å². The number of carboxylic acids is 1. The van der Waals surface area contributed by atoms with Crippen LogP contribution in [-0.2, 0) is 9.53 Å². The fourth-order valence-corrected chi connectivity index (χ4v) is 7.73. The molecule has 1 N–H and O–H groups in total. The summed E-state index contributed by atoms with van der Waals surface area (Å²) in [6.45, 7) is 14.9. The van der Waals surface area contributed by atoms with Crippen LogP contribution in [-0.4, -0.2) is 53.2 Å². The first-order chi connectivity index (χ1) is 22.1. The third-order valence-corrected chi connectivity index (χ3v) is 10.5. The molecule has 5 rings (SSSR count). The molecule has 2 aromatic carbocycles. The van der Waals surface area contributed by atoms with E-state index in [4.69, 9.17) is 4.74 Å². The Hall–Kier alpha value is -3.81. The van der Waals surface area contributed by atoms with Crippen LogP contribution in [0.25, 0.3) is 22.8 Å². The number of aryl methyl sites for hydroxylation is 4. The van der Waals surface area contributed by atoms with Gasteiger partial charge < -0.3 is 14.7 Å². The topological polar surface area (TPSA) is 79.7 Å². The number of aromatic nitrogens is 1. The molecular formula is C39H46N2O4S. The van der Waals surface area contributed by atoms with Crippen LogP contribution in [0.3, 0.4) is 0 Å². The molecule has 46 heavy (non-hydrogen) atoms. The second-order valence-electron chi connectivity index (χ2n) is 12.6. The maximum atomic E-state index is 13.5. The molecule has 1 saturated carbocycles. The summed E-state index contributed by atoms with van der Waals surface area (Å²) in [5.41, 5.74) is 10.1. The van der Waals surface area contributed by atoms with Crippen LogP contribution >= 0.6 is 11.3 Å². The van der Waals surface area contributed by atoms with Gasteiger partial charge >= 0.3 is 5.97 Å². The Morgan fingerprint density at radius 3 is 2.35 bits per heavy atom. The first kappa shape index (κ1) is 33.6. The Labute approximate surface area is 277 Å². The number of morpholine rings is 1. The quantitative estimate of drug-likeness (QED) is 0.177. The van der Waals surface area contributed by atoms with E-state index < -0.39 is 5.97 Å². The van der Waals surface area contributed by atoms with E-state index in [1.807, 2.05) is 31.7 Å². The van der Waals surface area contributed by atoms with Crippen LogP contribution in [0, 0.1) is 33.6 Å². The van der Waals surface area contributed by atoms with Gasteiger partial charge in [-0.2, -0.15) is 0 Å². The molecule has 1 aliphatic heterocycles. The molecule has 3 aromatic rings. The fraction of sp³-hybridized carbons (Fsp3) is 0.410. The number of amides is 1. The zero-order valence-electron chi connectivity index (χ0n) is 27.7. The minimum absolute atomic E-state index is 0.153. The van der Waals surface area contributed by atoms with E-state index in [1.165, 1.54) is 30.4 Å². The fourth-order valence-electron chi connectivity index (χ4n) is 6.86. The van der Waals surface area contributed by atoms with Crippen LogP contribution in [0.5, 0.6) is 0 Å². The summed E-state index contributed by atoms with van der Waals surface area (Å²) in [6, 6.07) is 12.1. The van der Waals surface area contributed by atoms with Gasteiger partial charge in [0, 0.05) is 19.5 Å². The van der Waals surface area contributed by atoms with Crippen molar-refractivity contribution in [3.05, 3.63) is 98.0 Å². The highest BCUT2D eigenvalue weighted by molar-refractivity contribution is 7.12. The third kappa shape index (κ3) is 7.94. The molecule has 242 valence electrons. The normalized spacial score (nSPS) is 16.5. The second-order valence-corrected chi connectivity index (χ2v) is 13.8. The zero-order valence-corrected chi connectivity index (χ0v) is 28.5. The van der Waals surface area contributed by atoms with Crippen molar-refractivity contribution in [1.29, 1.82) is 0 Å². The summed E-state index contributed by atoms with van der Waals surface area (Å²) in [4.78, 5) is 32.9. The van der Waals surface area contributed by atoms with Crippen LogP contribution in [0.4, 0.5) is 0 Å². The third-order valence-electron chi connectivity index (χ3n) is 9.34. The summed E-state index contributed by atoms with van der Waals surface area (Å²) in [7, 11) is 0. The number of carbonyl (C=O) groups is 2. The highest BCUT2D eigenvalue weighted by atomic mass is 32.1. The van der Waals surface area contributed by atoms with Gasteiger partial charge in [0.25, 0.3) is 0 Å². The Kier molecular flexibility index (Phi) is 11.1. The van der Waals surface area contributed by atoms with Crippen LogP contribution in [0.15, 0.2) is 49.1 Å². The number of hydrogen-bond donors (Lipinski definition) is 1. The monoisotopic (exact) mass is 638 g/mol. The molecule has 1 saturated heterocycles. The molecule has 0 unspecified atom stereocenters. The van der Waals surface area contributed by atoms with Gasteiger partial charge in [-0.1, -0.05) is 56.2 Å². The number of hydrogen-bond acceptors (Lipinski definition) is 5. The molecule has 2 fully saturated rings. The molecule has 1 aliphatic carbocycles. The van der Waals surface area contributed by atoms with Gasteiger partial charge in [0.1, 0.15) is 0 Å². The van der Waals surface area contributed by atoms with Crippen molar-refractivity contribution in [3.8, 4) is 0 Å². The number of allylic oxidation sites excluding steroid dienone is 4. The molecule has 0 spiro atoms. The standard InChI is InChI=1S/C39H46N2O4S/c1-25-11-14-32(24-31(25)13-12-26(2)38-28(4)40-29(5)46-38)35(17-18-36(42)41-19-21-45-22-20-41)37(30-9-7-6-8-10-30)34-16-15-33(39(43)44)23-27(34)3/h11-16,23-24,30H,2,6-10,17-22H2,1,3-5H3,(H,43,44)/b13-12-,37-35+. The van der Waals surface area contributed by atoms with E-state index in [0.717, 1.165) is 61.8 Å². The highest BCUT2D eigenvalue weighted by Crippen LogP contribution is 2.43. The van der Waals surface area contributed by atoms with Crippen molar-refractivity contribution < 1.29 is 19.4 Å². The Bertz CT molecular complexity index is 1670. The predicted octanol–water partition coefficient (Wildman–Crippen LogP) is 8.93. The lowest BCUT2D eigenvalue weighted by Crippen LogP contribution is -2.40. The predicted molar refractivity (Wildman–Crippen MR) is 189 cm³/mol. The number of rotatable bonds is 10. The lowest BCUT2D eigenvalue weighted by atomic mass is 9.75. The van der Waals surface area contributed by atoms with Crippen molar-refractivity contribution in [3.63, 3.8) is 0 Å². The van der Waals surface area contributed by atoms with Crippen molar-refractivity contribution in [1.82, 2.24) is 9.88 Å². The van der Waals surface area contributed by atoms with Crippen molar-refractivity contribution in [2.45, 2.75) is 72.6 Å². The van der Waals surface area contributed by atoms with Gasteiger partial charge in [0.2, 0.25) is 5.91 Å². The summed E-state index contributed by atoms with van der Waals surface area (Å²) in [6.07, 6.45) is 11.0. The summed E-state index contributed by atoms with van der Waals surface area (Å²) in [5.74, 6) is -0.427. The lowest BCUT2D eigenvalue weighted by Gasteiger charge is -2.30. The molecule has 7 heteroatoms. The average Bonchev–Trinajstić information content (AvgIpc) is 3.41. The van der Waals surface area contributed by atoms with Gasteiger partial charge in [0.15, 0.2) is 0 Å². The minimum atomic E-state index is -0.922. The molecule has 0 atom stereocenters. The maximum Gasteiger partial charge on any atom is 0.335 e. The Morgan fingerprint density at radius 1 is 0.978 bits per heavy atom. The van der Waals surface area contributed by atoms with Crippen LogP contribution in [0.1, 0.15) is 98.7 Å². The molecule has 2 heterocycles. The van der Waals surface area contributed by atoms with Gasteiger partial charge in [0.05, 0.1) is 34.4 Å². The zero-order chi connectivity index (χ0) is 32.8. The number of thiazole rings is 1. The summed E-state index contributed by atoms with van der Waals surface area (Å²) >= 11 is 1.66. The Morgan fingerprint density at radius 2 is 1.70 bits per heavy atom. The highest BCUT2D eigenvalue weighted by Gasteiger charge is 2.26. The molecule has 1 amide bonds. The van der Waals surface area contributed by atoms with E-state index in [0.29, 0.717) is 50.6 Å². The van der Waals surface area contributed by atoms with E-state index in [9.17, 15) is 14.7 Å². The van der Waals surface area contributed by atoms with Gasteiger partial charge in [-0.15, -0.1) is 11.3 Å². The lowest BCUT2D eigenvalue weighted by molar-refractivity contribution is -0.135. The molecule has 0 radical (unpaired) electrons. The Balaban J connectivity index is 1.61. The van der Waals surface area contributed by atoms with Gasteiger partial charge in [-0.05, 0) is 116 Å².